The van der Waals surface area contributed by atoms with E-state index in [1.54, 1.807) is 6.92 Å². The van der Waals surface area contributed by atoms with Crippen LogP contribution in [0.25, 0.3) is 0 Å². The van der Waals surface area contributed by atoms with Gasteiger partial charge in [0.05, 0.1) is 6.54 Å². The van der Waals surface area contributed by atoms with Crippen molar-refractivity contribution in [1.82, 2.24) is 10.6 Å². The number of carbonyl (C=O) groups is 2. The third kappa shape index (κ3) is 3.57. The first-order valence-electron chi connectivity index (χ1n) is 3.32. The Balaban J connectivity index is 3.77. The molecule has 4 N–H and O–H groups in total. The SMILES string of the molecule is CNC(=O)C(C)NC(=O)CN. The molecule has 0 aliphatic carbocycles. The first-order valence-corrected chi connectivity index (χ1v) is 3.32. The summed E-state index contributed by atoms with van der Waals surface area (Å²) in [6, 6.07) is -0.518. The van der Waals surface area contributed by atoms with Gasteiger partial charge in [-0.05, 0) is 6.92 Å². The van der Waals surface area contributed by atoms with Crippen LogP contribution in [0.1, 0.15) is 6.92 Å². The number of rotatable bonds is 3. The summed E-state index contributed by atoms with van der Waals surface area (Å²) in [5.74, 6) is -0.562. The number of hydrogen-bond acceptors (Lipinski definition) is 3. The standard InChI is InChI=1S/C6H13N3O2/c1-4(6(11)8-2)9-5(10)3-7/h4H,3,7H2,1-2H3,(H,8,11)(H,9,10). The quantitative estimate of drug-likeness (QED) is 0.454. The van der Waals surface area contributed by atoms with E-state index in [0.717, 1.165) is 0 Å². The predicted molar refractivity (Wildman–Crippen MR) is 40.7 cm³/mol. The molecule has 0 fully saturated rings. The maximum atomic E-state index is 10.8. The Kier molecular flexibility index (Phi) is 4.21. The topological polar surface area (TPSA) is 84.2 Å². The third-order valence-electron chi connectivity index (χ3n) is 1.20. The second-order valence-corrected chi connectivity index (χ2v) is 2.11. The molecule has 64 valence electrons. The number of nitrogens with two attached hydrogens (primary N) is 1. The Labute approximate surface area is 65.3 Å². The van der Waals surface area contributed by atoms with Crippen LogP contribution in [0.4, 0.5) is 0 Å². The van der Waals surface area contributed by atoms with Crippen molar-refractivity contribution in [2.45, 2.75) is 13.0 Å². The highest BCUT2D eigenvalue weighted by molar-refractivity contribution is 5.87. The molecule has 0 aromatic heterocycles. The van der Waals surface area contributed by atoms with Crippen LogP contribution < -0.4 is 16.4 Å². The predicted octanol–water partition coefficient (Wildman–Crippen LogP) is -1.80. The molecule has 0 aromatic rings. The van der Waals surface area contributed by atoms with Crippen molar-refractivity contribution in [3.63, 3.8) is 0 Å². The van der Waals surface area contributed by atoms with Gasteiger partial charge in [0, 0.05) is 7.05 Å². The second-order valence-electron chi connectivity index (χ2n) is 2.11. The van der Waals surface area contributed by atoms with Gasteiger partial charge in [-0.1, -0.05) is 0 Å². The molecule has 0 saturated carbocycles. The van der Waals surface area contributed by atoms with E-state index in [9.17, 15) is 9.59 Å². The maximum absolute atomic E-state index is 10.8. The van der Waals surface area contributed by atoms with E-state index in [1.165, 1.54) is 7.05 Å². The Morgan fingerprint density at radius 1 is 1.55 bits per heavy atom. The molecule has 0 aliphatic heterocycles. The number of nitrogens with one attached hydrogen (secondary N) is 2. The molecule has 0 aliphatic rings. The summed E-state index contributed by atoms with van der Waals surface area (Å²) >= 11 is 0. The lowest BCUT2D eigenvalue weighted by molar-refractivity contribution is -0.127. The molecule has 1 atom stereocenters. The molecule has 0 aromatic carbocycles. The van der Waals surface area contributed by atoms with Gasteiger partial charge in [-0.25, -0.2) is 0 Å². The van der Waals surface area contributed by atoms with E-state index in [-0.39, 0.29) is 18.4 Å². The minimum Gasteiger partial charge on any atom is -0.357 e. The average molecular weight is 159 g/mol. The van der Waals surface area contributed by atoms with Crippen LogP contribution in [0.2, 0.25) is 0 Å². The average Bonchev–Trinajstić information content (AvgIpc) is 2.02. The zero-order valence-electron chi connectivity index (χ0n) is 6.68. The van der Waals surface area contributed by atoms with Gasteiger partial charge in [-0.3, -0.25) is 9.59 Å². The molecule has 11 heavy (non-hydrogen) atoms. The van der Waals surface area contributed by atoms with Gasteiger partial charge in [0.2, 0.25) is 11.8 Å². The minimum absolute atomic E-state index is 0.0959. The van der Waals surface area contributed by atoms with Gasteiger partial charge < -0.3 is 16.4 Å². The number of carbonyl (C=O) groups excluding carboxylic acids is 2. The van der Waals surface area contributed by atoms with E-state index in [4.69, 9.17) is 5.73 Å². The summed E-state index contributed by atoms with van der Waals surface area (Å²) in [5.41, 5.74) is 5.02. The van der Waals surface area contributed by atoms with E-state index in [0.29, 0.717) is 0 Å². The van der Waals surface area contributed by atoms with E-state index in [1.807, 2.05) is 0 Å². The third-order valence-corrected chi connectivity index (χ3v) is 1.20. The van der Waals surface area contributed by atoms with Crippen LogP contribution in [-0.2, 0) is 9.59 Å². The van der Waals surface area contributed by atoms with Gasteiger partial charge in [-0.2, -0.15) is 0 Å². The van der Waals surface area contributed by atoms with Gasteiger partial charge in [-0.15, -0.1) is 0 Å². The summed E-state index contributed by atoms with van der Waals surface area (Å²) in [6.07, 6.45) is 0. The molecule has 0 radical (unpaired) electrons. The fourth-order valence-electron chi connectivity index (χ4n) is 0.582. The first kappa shape index (κ1) is 9.90. The van der Waals surface area contributed by atoms with Crippen molar-refractivity contribution in [2.75, 3.05) is 13.6 Å². The highest BCUT2D eigenvalue weighted by Crippen LogP contribution is 1.79. The molecule has 5 nitrogen and oxygen atoms in total. The van der Waals surface area contributed by atoms with E-state index >= 15 is 0 Å². The van der Waals surface area contributed by atoms with Crippen molar-refractivity contribution in [3.05, 3.63) is 0 Å². The van der Waals surface area contributed by atoms with Crippen molar-refractivity contribution in [2.24, 2.45) is 5.73 Å². The lowest BCUT2D eigenvalue weighted by Crippen LogP contribution is -2.45. The lowest BCUT2D eigenvalue weighted by Gasteiger charge is -2.10. The largest absolute Gasteiger partial charge is 0.357 e. The Morgan fingerprint density at radius 2 is 2.09 bits per heavy atom. The van der Waals surface area contributed by atoms with Crippen molar-refractivity contribution in [3.8, 4) is 0 Å². The first-order chi connectivity index (χ1) is 5.11. The molecule has 0 rings (SSSR count). The summed E-state index contributed by atoms with van der Waals surface area (Å²) in [4.78, 5) is 21.4. The fraction of sp³-hybridized carbons (Fsp3) is 0.667. The Bertz CT molecular complexity index is 158. The van der Waals surface area contributed by atoms with Crippen molar-refractivity contribution in [1.29, 1.82) is 0 Å². The summed E-state index contributed by atoms with van der Waals surface area (Å²) in [5, 5.41) is 4.80. The molecule has 0 spiro atoms. The zero-order valence-corrected chi connectivity index (χ0v) is 6.68. The van der Waals surface area contributed by atoms with Gasteiger partial charge >= 0.3 is 0 Å². The summed E-state index contributed by atoms with van der Waals surface area (Å²) in [7, 11) is 1.51. The minimum atomic E-state index is -0.518. The van der Waals surface area contributed by atoms with Crippen molar-refractivity contribution >= 4 is 11.8 Å². The summed E-state index contributed by atoms with van der Waals surface area (Å²) in [6.45, 7) is 1.49. The molecule has 0 heterocycles. The maximum Gasteiger partial charge on any atom is 0.242 e. The molecule has 0 bridgehead atoms. The van der Waals surface area contributed by atoms with Crippen LogP contribution in [0.3, 0.4) is 0 Å². The fourth-order valence-corrected chi connectivity index (χ4v) is 0.582. The lowest BCUT2D eigenvalue weighted by atomic mass is 10.3. The Morgan fingerprint density at radius 3 is 2.45 bits per heavy atom. The van der Waals surface area contributed by atoms with Gasteiger partial charge in [0.25, 0.3) is 0 Å². The highest BCUT2D eigenvalue weighted by atomic mass is 16.2. The normalized spacial score (nSPS) is 11.9. The molecular weight excluding hydrogens is 146 g/mol. The molecule has 0 saturated heterocycles. The zero-order chi connectivity index (χ0) is 8.85. The molecule has 5 heteroatoms. The molecular formula is C6H13N3O2. The summed E-state index contributed by atoms with van der Waals surface area (Å²) < 4.78 is 0. The smallest absolute Gasteiger partial charge is 0.242 e. The second kappa shape index (κ2) is 4.68. The van der Waals surface area contributed by atoms with Gasteiger partial charge in [0.15, 0.2) is 0 Å². The van der Waals surface area contributed by atoms with Gasteiger partial charge in [0.1, 0.15) is 6.04 Å². The van der Waals surface area contributed by atoms with Crippen molar-refractivity contribution < 1.29 is 9.59 Å². The number of hydrogen-bond donors (Lipinski definition) is 3. The van der Waals surface area contributed by atoms with E-state index in [2.05, 4.69) is 10.6 Å². The number of likely N-dealkylation sites (N-methyl/N-ethyl adjacent to an activating group) is 1. The van der Waals surface area contributed by atoms with Crippen LogP contribution >= 0.6 is 0 Å². The monoisotopic (exact) mass is 159 g/mol. The highest BCUT2D eigenvalue weighted by Gasteiger charge is 2.11. The molecule has 2 amide bonds. The Hall–Kier alpha value is -1.10. The molecule has 1 unspecified atom stereocenters. The van der Waals surface area contributed by atoms with Crippen LogP contribution in [0.15, 0.2) is 0 Å². The number of amides is 2. The van der Waals surface area contributed by atoms with Crippen LogP contribution in [0, 0.1) is 0 Å². The van der Waals surface area contributed by atoms with Crippen LogP contribution in [0.5, 0.6) is 0 Å². The van der Waals surface area contributed by atoms with Crippen LogP contribution in [-0.4, -0.2) is 31.4 Å². The van der Waals surface area contributed by atoms with E-state index < -0.39 is 6.04 Å².